The van der Waals surface area contributed by atoms with Crippen LogP contribution in [0.3, 0.4) is 0 Å². The Morgan fingerprint density at radius 1 is 1.22 bits per heavy atom. The number of urea groups is 1. The number of amides is 3. The summed E-state index contributed by atoms with van der Waals surface area (Å²) in [7, 11) is 0. The van der Waals surface area contributed by atoms with Crippen LogP contribution in [0.25, 0.3) is 0 Å². The minimum atomic E-state index is -0.973. The van der Waals surface area contributed by atoms with Crippen molar-refractivity contribution in [2.75, 3.05) is 11.9 Å². The summed E-state index contributed by atoms with van der Waals surface area (Å²) in [6, 6.07) is 5.38. The first-order valence-electron chi connectivity index (χ1n) is 7.60. The largest absolute Gasteiger partial charge is 0.480 e. The van der Waals surface area contributed by atoms with Crippen LogP contribution in [0.2, 0.25) is 0 Å². The van der Waals surface area contributed by atoms with Crippen LogP contribution in [0.4, 0.5) is 10.5 Å². The minimum absolute atomic E-state index is 0.0268. The van der Waals surface area contributed by atoms with Gasteiger partial charge in [-0.15, -0.1) is 0 Å². The van der Waals surface area contributed by atoms with E-state index in [9.17, 15) is 14.4 Å². The predicted octanol–water partition coefficient (Wildman–Crippen LogP) is 1.91. The Kier molecular flexibility index (Phi) is 5.20. The van der Waals surface area contributed by atoms with Crippen LogP contribution >= 0.6 is 0 Å². The molecule has 124 valence electrons. The summed E-state index contributed by atoms with van der Waals surface area (Å²) in [6.45, 7) is 4.17. The third-order valence-corrected chi connectivity index (χ3v) is 3.61. The second-order valence-electron chi connectivity index (χ2n) is 5.83. The number of nitrogens with zero attached hydrogens (tertiary/aromatic N) is 1. The fourth-order valence-corrected chi connectivity index (χ4v) is 2.56. The average Bonchev–Trinajstić information content (AvgIpc) is 2.96. The number of carbonyl (C=O) groups is 3. The highest BCUT2D eigenvalue weighted by Gasteiger charge is 2.34. The number of anilines is 1. The van der Waals surface area contributed by atoms with Crippen LogP contribution in [0.1, 0.15) is 37.0 Å². The molecule has 0 spiro atoms. The van der Waals surface area contributed by atoms with Crippen LogP contribution in [0.15, 0.2) is 24.3 Å². The molecule has 1 aliphatic rings. The molecule has 1 aliphatic heterocycles. The van der Waals surface area contributed by atoms with Gasteiger partial charge in [-0.1, -0.05) is 0 Å². The summed E-state index contributed by atoms with van der Waals surface area (Å²) >= 11 is 0. The van der Waals surface area contributed by atoms with Crippen LogP contribution in [-0.2, 0) is 4.79 Å². The maximum atomic E-state index is 12.4. The van der Waals surface area contributed by atoms with Gasteiger partial charge in [0.05, 0.1) is 0 Å². The minimum Gasteiger partial charge on any atom is -0.480 e. The molecule has 3 amide bonds. The number of likely N-dealkylation sites (tertiary alicyclic amines) is 1. The third-order valence-electron chi connectivity index (χ3n) is 3.61. The zero-order chi connectivity index (χ0) is 17.0. The maximum absolute atomic E-state index is 12.4. The van der Waals surface area contributed by atoms with Gasteiger partial charge in [0.15, 0.2) is 0 Å². The second-order valence-corrected chi connectivity index (χ2v) is 5.83. The number of aliphatic carboxylic acids is 1. The number of carbonyl (C=O) groups excluding carboxylic acids is 2. The number of nitrogens with one attached hydrogen (secondary N) is 2. The standard InChI is InChI=1S/C16H21N3O4/c1-10(2)17-16(23)18-12-7-5-11(6-8-12)14(20)19-9-3-4-13(19)15(21)22/h5-8,10,13H,3-4,9H2,1-2H3,(H,21,22)(H2,17,18,23)/t13-/m1/s1. The molecule has 0 unspecified atom stereocenters. The van der Waals surface area contributed by atoms with Crippen molar-refractivity contribution in [1.82, 2.24) is 10.2 Å². The van der Waals surface area contributed by atoms with Gasteiger partial charge >= 0.3 is 12.0 Å². The number of rotatable bonds is 4. The van der Waals surface area contributed by atoms with Gasteiger partial charge in [-0.25, -0.2) is 9.59 Å². The lowest BCUT2D eigenvalue weighted by Crippen LogP contribution is -2.40. The molecule has 0 radical (unpaired) electrons. The molecule has 1 fully saturated rings. The Morgan fingerprint density at radius 3 is 2.43 bits per heavy atom. The Labute approximate surface area is 134 Å². The van der Waals surface area contributed by atoms with Crippen molar-refractivity contribution in [2.24, 2.45) is 0 Å². The lowest BCUT2D eigenvalue weighted by atomic mass is 10.1. The van der Waals surface area contributed by atoms with Gasteiger partial charge in [-0.05, 0) is 51.0 Å². The molecule has 0 aromatic heterocycles. The van der Waals surface area contributed by atoms with E-state index in [2.05, 4.69) is 10.6 Å². The molecular formula is C16H21N3O4. The topological polar surface area (TPSA) is 98.7 Å². The molecule has 0 bridgehead atoms. The molecule has 7 heteroatoms. The zero-order valence-corrected chi connectivity index (χ0v) is 13.2. The predicted molar refractivity (Wildman–Crippen MR) is 85.4 cm³/mol. The van der Waals surface area contributed by atoms with Crippen molar-refractivity contribution < 1.29 is 19.5 Å². The lowest BCUT2D eigenvalue weighted by molar-refractivity contribution is -0.141. The molecular weight excluding hydrogens is 298 g/mol. The molecule has 0 aliphatic carbocycles. The molecule has 1 aromatic carbocycles. The average molecular weight is 319 g/mol. The lowest BCUT2D eigenvalue weighted by Gasteiger charge is -2.21. The smallest absolute Gasteiger partial charge is 0.326 e. The summed E-state index contributed by atoms with van der Waals surface area (Å²) in [5, 5.41) is 14.5. The zero-order valence-electron chi connectivity index (χ0n) is 13.2. The third kappa shape index (κ3) is 4.21. The number of carboxylic acid groups (broad SMARTS) is 1. The van der Waals surface area contributed by atoms with Crippen LogP contribution in [0, 0.1) is 0 Å². The van der Waals surface area contributed by atoms with Crippen LogP contribution < -0.4 is 10.6 Å². The van der Waals surface area contributed by atoms with Crippen molar-refractivity contribution in [2.45, 2.75) is 38.8 Å². The highest BCUT2D eigenvalue weighted by molar-refractivity contribution is 5.97. The summed E-state index contributed by atoms with van der Waals surface area (Å²) in [4.78, 5) is 36.6. The molecule has 1 atom stereocenters. The van der Waals surface area contributed by atoms with Gasteiger partial charge in [0.25, 0.3) is 5.91 Å². The van der Waals surface area contributed by atoms with Crippen molar-refractivity contribution in [1.29, 1.82) is 0 Å². The van der Waals surface area contributed by atoms with Gasteiger partial charge in [0, 0.05) is 23.8 Å². The molecule has 23 heavy (non-hydrogen) atoms. The first kappa shape index (κ1) is 16.8. The molecule has 0 saturated carbocycles. The summed E-state index contributed by atoms with van der Waals surface area (Å²) in [5.74, 6) is -1.27. The van der Waals surface area contributed by atoms with Crippen molar-refractivity contribution in [3.05, 3.63) is 29.8 Å². The molecule has 7 nitrogen and oxygen atoms in total. The molecule has 3 N–H and O–H groups in total. The summed E-state index contributed by atoms with van der Waals surface area (Å²) < 4.78 is 0. The van der Waals surface area contributed by atoms with Crippen molar-refractivity contribution in [3.63, 3.8) is 0 Å². The van der Waals surface area contributed by atoms with E-state index in [-0.39, 0.29) is 18.0 Å². The first-order chi connectivity index (χ1) is 10.9. The van der Waals surface area contributed by atoms with E-state index in [0.717, 1.165) is 0 Å². The van der Waals surface area contributed by atoms with Crippen molar-refractivity contribution in [3.8, 4) is 0 Å². The van der Waals surface area contributed by atoms with E-state index in [4.69, 9.17) is 5.11 Å². The van der Waals surface area contributed by atoms with E-state index in [1.807, 2.05) is 13.8 Å². The van der Waals surface area contributed by atoms with E-state index >= 15 is 0 Å². The fraction of sp³-hybridized carbons (Fsp3) is 0.438. The Hall–Kier alpha value is -2.57. The maximum Gasteiger partial charge on any atom is 0.326 e. The van der Waals surface area contributed by atoms with E-state index < -0.39 is 12.0 Å². The summed E-state index contributed by atoms with van der Waals surface area (Å²) in [5.41, 5.74) is 0.976. The number of benzene rings is 1. The SMILES string of the molecule is CC(C)NC(=O)Nc1ccc(C(=O)N2CCC[C@@H]2C(=O)O)cc1. The van der Waals surface area contributed by atoms with Gasteiger partial charge in [0.1, 0.15) is 6.04 Å². The highest BCUT2D eigenvalue weighted by atomic mass is 16.4. The molecule has 1 aromatic rings. The normalized spacial score (nSPS) is 17.2. The monoisotopic (exact) mass is 319 g/mol. The fourth-order valence-electron chi connectivity index (χ4n) is 2.56. The number of hydrogen-bond donors (Lipinski definition) is 3. The van der Waals surface area contributed by atoms with Crippen LogP contribution in [-0.4, -0.2) is 46.5 Å². The Bertz CT molecular complexity index is 598. The van der Waals surface area contributed by atoms with E-state index in [1.54, 1.807) is 24.3 Å². The second kappa shape index (κ2) is 7.13. The van der Waals surface area contributed by atoms with E-state index in [0.29, 0.717) is 30.6 Å². The van der Waals surface area contributed by atoms with Gasteiger partial charge in [-0.3, -0.25) is 4.79 Å². The van der Waals surface area contributed by atoms with Gasteiger partial charge in [-0.2, -0.15) is 0 Å². The summed E-state index contributed by atoms with van der Waals surface area (Å²) in [6.07, 6.45) is 1.17. The molecule has 1 saturated heterocycles. The van der Waals surface area contributed by atoms with E-state index in [1.165, 1.54) is 4.90 Å². The quantitative estimate of drug-likeness (QED) is 0.789. The number of hydrogen-bond acceptors (Lipinski definition) is 3. The first-order valence-corrected chi connectivity index (χ1v) is 7.60. The van der Waals surface area contributed by atoms with Crippen molar-refractivity contribution >= 4 is 23.6 Å². The number of carboxylic acids is 1. The Morgan fingerprint density at radius 2 is 1.87 bits per heavy atom. The van der Waals surface area contributed by atoms with Gasteiger partial charge < -0.3 is 20.6 Å². The highest BCUT2D eigenvalue weighted by Crippen LogP contribution is 2.21. The molecule has 1 heterocycles. The molecule has 2 rings (SSSR count). The Balaban J connectivity index is 2.03. The van der Waals surface area contributed by atoms with Crippen LogP contribution in [0.5, 0.6) is 0 Å². The van der Waals surface area contributed by atoms with Gasteiger partial charge in [0.2, 0.25) is 0 Å².